The van der Waals surface area contributed by atoms with Gasteiger partial charge in [0.25, 0.3) is 0 Å². The summed E-state index contributed by atoms with van der Waals surface area (Å²) in [7, 11) is 0. The van der Waals surface area contributed by atoms with Crippen LogP contribution >= 0.6 is 0 Å². The van der Waals surface area contributed by atoms with Crippen LogP contribution in [0.25, 0.3) is 0 Å². The van der Waals surface area contributed by atoms with Gasteiger partial charge in [0.15, 0.2) is 0 Å². The lowest BCUT2D eigenvalue weighted by atomic mass is 9.74. The second-order valence-electron chi connectivity index (χ2n) is 4.53. The quantitative estimate of drug-likeness (QED) is 0.728. The highest BCUT2D eigenvalue weighted by Crippen LogP contribution is 2.37. The first-order chi connectivity index (χ1) is 6.52. The molecule has 1 saturated heterocycles. The van der Waals surface area contributed by atoms with E-state index in [9.17, 15) is 4.79 Å². The van der Waals surface area contributed by atoms with Crippen molar-refractivity contribution in [2.45, 2.75) is 53.9 Å². The maximum absolute atomic E-state index is 11.0. The van der Waals surface area contributed by atoms with Crippen molar-refractivity contribution in [2.75, 3.05) is 6.54 Å². The summed E-state index contributed by atoms with van der Waals surface area (Å²) in [6, 6.07) is 0. The molecule has 1 unspecified atom stereocenters. The van der Waals surface area contributed by atoms with Gasteiger partial charge in [0.1, 0.15) is 0 Å². The van der Waals surface area contributed by atoms with E-state index in [1.54, 1.807) is 0 Å². The molecule has 1 heterocycles. The maximum atomic E-state index is 11.0. The molecule has 0 spiro atoms. The molecule has 1 atom stereocenters. The van der Waals surface area contributed by atoms with Crippen molar-refractivity contribution in [1.29, 1.82) is 0 Å². The normalized spacial score (nSPS) is 25.7. The largest absolute Gasteiger partial charge is 0.356 e. The molecule has 1 fully saturated rings. The average Bonchev–Trinajstić information content (AvgIpc) is 2.50. The molecule has 0 saturated carbocycles. The number of amides is 1. The Kier molecular flexibility index (Phi) is 5.82. The zero-order valence-electron chi connectivity index (χ0n) is 10.3. The molecule has 2 heteroatoms. The first-order valence-electron chi connectivity index (χ1n) is 5.79. The van der Waals surface area contributed by atoms with Crippen molar-refractivity contribution in [3.05, 3.63) is 0 Å². The predicted octanol–water partition coefficient (Wildman–Crippen LogP) is 2.98. The van der Waals surface area contributed by atoms with Gasteiger partial charge in [-0.3, -0.25) is 4.79 Å². The standard InChI is InChI=1S/C9H17NO.C3H8/c1-4-9(7(2)3)5-8(11)10-6-9;1-3-2/h7H,4-6H2,1-3H3,(H,10,11);3H2,1-2H3. The summed E-state index contributed by atoms with van der Waals surface area (Å²) in [6.07, 6.45) is 3.07. The molecule has 1 aliphatic heterocycles. The number of carbonyl (C=O) groups excluding carboxylic acids is 1. The van der Waals surface area contributed by atoms with Gasteiger partial charge in [0.2, 0.25) is 5.91 Å². The van der Waals surface area contributed by atoms with Crippen molar-refractivity contribution >= 4 is 5.91 Å². The van der Waals surface area contributed by atoms with E-state index >= 15 is 0 Å². The summed E-state index contributed by atoms with van der Waals surface area (Å²) in [5.74, 6) is 0.826. The first-order valence-corrected chi connectivity index (χ1v) is 5.79. The minimum atomic E-state index is 0.223. The third kappa shape index (κ3) is 3.32. The number of rotatable bonds is 2. The van der Waals surface area contributed by atoms with Gasteiger partial charge in [-0.15, -0.1) is 0 Å². The van der Waals surface area contributed by atoms with Crippen LogP contribution in [0.2, 0.25) is 0 Å². The van der Waals surface area contributed by atoms with Gasteiger partial charge >= 0.3 is 0 Å². The maximum Gasteiger partial charge on any atom is 0.220 e. The molecule has 0 radical (unpaired) electrons. The topological polar surface area (TPSA) is 29.1 Å². The molecule has 1 rings (SSSR count). The molecular formula is C12H25NO. The van der Waals surface area contributed by atoms with E-state index < -0.39 is 0 Å². The van der Waals surface area contributed by atoms with E-state index in [2.05, 4.69) is 39.9 Å². The summed E-state index contributed by atoms with van der Waals surface area (Å²) >= 11 is 0. The summed E-state index contributed by atoms with van der Waals surface area (Å²) in [4.78, 5) is 11.0. The molecule has 14 heavy (non-hydrogen) atoms. The second-order valence-corrected chi connectivity index (χ2v) is 4.53. The lowest BCUT2D eigenvalue weighted by Crippen LogP contribution is -2.28. The predicted molar refractivity (Wildman–Crippen MR) is 61.2 cm³/mol. The van der Waals surface area contributed by atoms with Crippen LogP contribution in [0.1, 0.15) is 53.9 Å². The van der Waals surface area contributed by atoms with E-state index in [1.165, 1.54) is 6.42 Å². The Morgan fingerprint density at radius 3 is 2.00 bits per heavy atom. The van der Waals surface area contributed by atoms with E-state index in [0.29, 0.717) is 5.92 Å². The van der Waals surface area contributed by atoms with Gasteiger partial charge in [-0.2, -0.15) is 0 Å². The van der Waals surface area contributed by atoms with Crippen LogP contribution in [0.15, 0.2) is 0 Å². The number of hydrogen-bond acceptors (Lipinski definition) is 1. The number of nitrogens with one attached hydrogen (secondary N) is 1. The SMILES string of the molecule is CCC.CCC1(C(C)C)CNC(=O)C1. The van der Waals surface area contributed by atoms with Crippen LogP contribution in [-0.4, -0.2) is 12.5 Å². The van der Waals surface area contributed by atoms with Crippen molar-refractivity contribution in [2.24, 2.45) is 11.3 Å². The zero-order valence-corrected chi connectivity index (χ0v) is 10.3. The van der Waals surface area contributed by atoms with E-state index in [4.69, 9.17) is 0 Å². The molecule has 0 aliphatic carbocycles. The molecule has 84 valence electrons. The molecule has 1 aliphatic rings. The van der Waals surface area contributed by atoms with Gasteiger partial charge in [0, 0.05) is 13.0 Å². The van der Waals surface area contributed by atoms with Crippen molar-refractivity contribution in [3.8, 4) is 0 Å². The Morgan fingerprint density at radius 2 is 1.86 bits per heavy atom. The van der Waals surface area contributed by atoms with Gasteiger partial charge in [0.05, 0.1) is 0 Å². The summed E-state index contributed by atoms with van der Waals surface area (Å²) in [6.45, 7) is 11.7. The molecular weight excluding hydrogens is 174 g/mol. The fourth-order valence-electron chi connectivity index (χ4n) is 1.79. The summed E-state index contributed by atoms with van der Waals surface area (Å²) < 4.78 is 0. The van der Waals surface area contributed by atoms with Gasteiger partial charge < -0.3 is 5.32 Å². The van der Waals surface area contributed by atoms with E-state index in [0.717, 1.165) is 19.4 Å². The summed E-state index contributed by atoms with van der Waals surface area (Å²) in [5, 5.41) is 2.90. The Bertz CT molecular complexity index is 177. The first kappa shape index (κ1) is 13.5. The Balaban J connectivity index is 0.000000500. The average molecular weight is 199 g/mol. The summed E-state index contributed by atoms with van der Waals surface area (Å²) in [5.41, 5.74) is 0.247. The van der Waals surface area contributed by atoms with Crippen LogP contribution in [0.3, 0.4) is 0 Å². The smallest absolute Gasteiger partial charge is 0.220 e. The van der Waals surface area contributed by atoms with E-state index in [1.807, 2.05) is 0 Å². The van der Waals surface area contributed by atoms with Crippen molar-refractivity contribution < 1.29 is 4.79 Å². The fraction of sp³-hybridized carbons (Fsp3) is 0.917. The lowest BCUT2D eigenvalue weighted by Gasteiger charge is -2.29. The molecule has 0 aromatic heterocycles. The van der Waals surface area contributed by atoms with Gasteiger partial charge in [-0.05, 0) is 17.8 Å². The molecule has 1 N–H and O–H groups in total. The van der Waals surface area contributed by atoms with Crippen LogP contribution in [0.4, 0.5) is 0 Å². The molecule has 0 bridgehead atoms. The van der Waals surface area contributed by atoms with E-state index in [-0.39, 0.29) is 11.3 Å². The zero-order chi connectivity index (χ0) is 11.2. The lowest BCUT2D eigenvalue weighted by molar-refractivity contribution is -0.119. The van der Waals surface area contributed by atoms with Crippen LogP contribution < -0.4 is 5.32 Å². The minimum Gasteiger partial charge on any atom is -0.356 e. The third-order valence-electron chi connectivity index (χ3n) is 3.08. The van der Waals surface area contributed by atoms with Crippen LogP contribution in [0.5, 0.6) is 0 Å². The Hall–Kier alpha value is -0.530. The van der Waals surface area contributed by atoms with Crippen molar-refractivity contribution in [3.63, 3.8) is 0 Å². The molecule has 0 aromatic rings. The Labute approximate surface area is 88.5 Å². The van der Waals surface area contributed by atoms with Gasteiger partial charge in [-0.1, -0.05) is 41.0 Å². The Morgan fingerprint density at radius 1 is 1.36 bits per heavy atom. The van der Waals surface area contributed by atoms with Crippen molar-refractivity contribution in [1.82, 2.24) is 5.32 Å². The number of carbonyl (C=O) groups is 1. The molecule has 0 aromatic carbocycles. The van der Waals surface area contributed by atoms with Crippen LogP contribution in [0, 0.1) is 11.3 Å². The fourth-order valence-corrected chi connectivity index (χ4v) is 1.79. The highest BCUT2D eigenvalue weighted by molar-refractivity contribution is 5.79. The number of hydrogen-bond donors (Lipinski definition) is 1. The monoisotopic (exact) mass is 199 g/mol. The highest BCUT2D eigenvalue weighted by Gasteiger charge is 2.39. The second kappa shape index (κ2) is 6.05. The minimum absolute atomic E-state index is 0.223. The molecule has 2 nitrogen and oxygen atoms in total. The third-order valence-corrected chi connectivity index (χ3v) is 3.08. The highest BCUT2D eigenvalue weighted by atomic mass is 16.1. The van der Waals surface area contributed by atoms with Gasteiger partial charge in [-0.25, -0.2) is 0 Å². The molecule has 1 amide bonds. The van der Waals surface area contributed by atoms with Crippen LogP contribution in [-0.2, 0) is 4.79 Å².